The lowest BCUT2D eigenvalue weighted by molar-refractivity contribution is -0.120. The van der Waals surface area contributed by atoms with Crippen LogP contribution in [0.4, 0.5) is 10.1 Å². The number of halogens is 1. The Bertz CT molecular complexity index is 1010. The van der Waals surface area contributed by atoms with E-state index in [1.807, 2.05) is 42.5 Å². The van der Waals surface area contributed by atoms with E-state index in [2.05, 4.69) is 10.6 Å². The van der Waals surface area contributed by atoms with Crippen molar-refractivity contribution in [2.45, 2.75) is 12.2 Å². The maximum absolute atomic E-state index is 12.9. The molecule has 0 radical (unpaired) electrons. The summed E-state index contributed by atoms with van der Waals surface area (Å²) in [6.45, 7) is 2.47. The maximum Gasteiger partial charge on any atom is 0.234 e. The Morgan fingerprint density at radius 1 is 1.03 bits per heavy atom. The highest BCUT2D eigenvalue weighted by atomic mass is 32.2. The molecule has 0 aliphatic rings. The zero-order valence-corrected chi connectivity index (χ0v) is 17.4. The molecule has 1 unspecified atom stereocenters. The highest BCUT2D eigenvalue weighted by Gasteiger charge is 2.15. The van der Waals surface area contributed by atoms with Crippen molar-refractivity contribution in [3.8, 4) is 5.75 Å². The number of thioether (sulfide) groups is 1. The van der Waals surface area contributed by atoms with Crippen LogP contribution in [0.25, 0.3) is 10.8 Å². The molecule has 5 nitrogen and oxygen atoms in total. The normalized spacial score (nSPS) is 11.7. The Kier molecular flexibility index (Phi) is 7.68. The predicted octanol–water partition coefficient (Wildman–Crippen LogP) is 4.23. The molecule has 3 aromatic rings. The number of ether oxygens (including phenoxy) is 1. The summed E-state index contributed by atoms with van der Waals surface area (Å²) < 4.78 is 18.7. The molecule has 1 atom stereocenters. The number of anilines is 1. The fourth-order valence-corrected chi connectivity index (χ4v) is 3.52. The fraction of sp³-hybridized carbons (Fsp3) is 0.217. The molecule has 0 aromatic heterocycles. The summed E-state index contributed by atoms with van der Waals surface area (Å²) in [7, 11) is 0. The van der Waals surface area contributed by atoms with Gasteiger partial charge in [0.15, 0.2) is 0 Å². The van der Waals surface area contributed by atoms with Crippen molar-refractivity contribution in [1.82, 2.24) is 5.32 Å². The molecule has 7 heteroatoms. The van der Waals surface area contributed by atoms with Crippen LogP contribution in [0.3, 0.4) is 0 Å². The molecule has 3 rings (SSSR count). The Morgan fingerprint density at radius 2 is 1.77 bits per heavy atom. The van der Waals surface area contributed by atoms with Gasteiger partial charge in [-0.2, -0.15) is 0 Å². The smallest absolute Gasteiger partial charge is 0.234 e. The summed E-state index contributed by atoms with van der Waals surface area (Å²) in [4.78, 5) is 24.2. The predicted molar refractivity (Wildman–Crippen MR) is 119 cm³/mol. The lowest BCUT2D eigenvalue weighted by Gasteiger charge is -2.13. The standard InChI is InChI=1S/C23H23FN2O3S/c1-16(30-15-22(27)26-19-11-9-18(24)10-12-19)23(28)25-13-14-29-21-8-4-6-17-5-2-3-7-20(17)21/h2-12,16H,13-15H2,1H3,(H,25,28)(H,26,27). The van der Waals surface area contributed by atoms with Gasteiger partial charge in [-0.15, -0.1) is 11.8 Å². The third-order valence-electron chi connectivity index (χ3n) is 4.37. The van der Waals surface area contributed by atoms with Gasteiger partial charge < -0.3 is 15.4 Å². The van der Waals surface area contributed by atoms with Crippen molar-refractivity contribution in [3.63, 3.8) is 0 Å². The number of benzene rings is 3. The van der Waals surface area contributed by atoms with Crippen LogP contribution >= 0.6 is 11.8 Å². The molecule has 2 N–H and O–H groups in total. The molecule has 0 bridgehead atoms. The SMILES string of the molecule is CC(SCC(=O)Nc1ccc(F)cc1)C(=O)NCCOc1cccc2ccccc12. The van der Waals surface area contributed by atoms with Crippen LogP contribution in [-0.4, -0.2) is 36.0 Å². The zero-order chi connectivity index (χ0) is 21.3. The average Bonchev–Trinajstić information content (AvgIpc) is 2.76. The summed E-state index contributed by atoms with van der Waals surface area (Å²) >= 11 is 1.23. The molecule has 0 saturated heterocycles. The van der Waals surface area contributed by atoms with Crippen LogP contribution in [0.15, 0.2) is 66.7 Å². The number of fused-ring (bicyclic) bond motifs is 1. The summed E-state index contributed by atoms with van der Waals surface area (Å²) in [5.74, 6) is 0.138. The number of hydrogen-bond acceptors (Lipinski definition) is 4. The minimum Gasteiger partial charge on any atom is -0.491 e. The molecule has 156 valence electrons. The van der Waals surface area contributed by atoms with E-state index in [1.165, 1.54) is 36.0 Å². The number of carbonyl (C=O) groups is 2. The van der Waals surface area contributed by atoms with Crippen LogP contribution in [0.1, 0.15) is 6.92 Å². The van der Waals surface area contributed by atoms with Crippen molar-refractivity contribution in [2.24, 2.45) is 0 Å². The molecular weight excluding hydrogens is 403 g/mol. The van der Waals surface area contributed by atoms with Crippen molar-refractivity contribution in [2.75, 3.05) is 24.2 Å². The molecule has 30 heavy (non-hydrogen) atoms. The lowest BCUT2D eigenvalue weighted by atomic mass is 10.1. The number of carbonyl (C=O) groups excluding carboxylic acids is 2. The van der Waals surface area contributed by atoms with Gasteiger partial charge in [0.2, 0.25) is 11.8 Å². The second-order valence-corrected chi connectivity index (χ2v) is 7.95. The van der Waals surface area contributed by atoms with E-state index in [-0.39, 0.29) is 28.6 Å². The summed E-state index contributed by atoms with van der Waals surface area (Å²) in [6, 6.07) is 19.4. The Labute approximate surface area is 179 Å². The first-order valence-corrected chi connectivity index (χ1v) is 10.6. The summed E-state index contributed by atoms with van der Waals surface area (Å²) in [5, 5.41) is 7.24. The first kappa shape index (κ1) is 21.6. The third kappa shape index (κ3) is 6.22. The van der Waals surface area contributed by atoms with Crippen LogP contribution in [0.2, 0.25) is 0 Å². The number of nitrogens with one attached hydrogen (secondary N) is 2. The number of hydrogen-bond donors (Lipinski definition) is 2. The van der Waals surface area contributed by atoms with Crippen LogP contribution in [0.5, 0.6) is 5.75 Å². The Morgan fingerprint density at radius 3 is 2.57 bits per heavy atom. The van der Waals surface area contributed by atoms with Crippen molar-refractivity contribution in [1.29, 1.82) is 0 Å². The largest absolute Gasteiger partial charge is 0.491 e. The Hall–Kier alpha value is -3.06. The highest BCUT2D eigenvalue weighted by Crippen LogP contribution is 2.24. The first-order chi connectivity index (χ1) is 14.5. The van der Waals surface area contributed by atoms with Gasteiger partial charge in [-0.1, -0.05) is 36.4 Å². The van der Waals surface area contributed by atoms with E-state index in [1.54, 1.807) is 6.92 Å². The monoisotopic (exact) mass is 426 g/mol. The quantitative estimate of drug-likeness (QED) is 0.503. The number of amides is 2. The van der Waals surface area contributed by atoms with Gasteiger partial charge in [0, 0.05) is 11.1 Å². The molecule has 3 aromatic carbocycles. The van der Waals surface area contributed by atoms with E-state index in [9.17, 15) is 14.0 Å². The zero-order valence-electron chi connectivity index (χ0n) is 16.6. The van der Waals surface area contributed by atoms with Gasteiger partial charge in [-0.05, 0) is 42.6 Å². The van der Waals surface area contributed by atoms with E-state index in [0.717, 1.165) is 16.5 Å². The molecule has 0 aliphatic heterocycles. The molecule has 0 aliphatic carbocycles. The molecular formula is C23H23FN2O3S. The summed E-state index contributed by atoms with van der Waals surface area (Å²) in [5.41, 5.74) is 0.518. The average molecular weight is 427 g/mol. The molecule has 0 saturated carbocycles. The third-order valence-corrected chi connectivity index (χ3v) is 5.51. The topological polar surface area (TPSA) is 67.4 Å². The minimum atomic E-state index is -0.387. The van der Waals surface area contributed by atoms with Gasteiger partial charge in [-0.3, -0.25) is 9.59 Å². The minimum absolute atomic E-state index is 0.123. The van der Waals surface area contributed by atoms with E-state index in [0.29, 0.717) is 18.8 Å². The maximum atomic E-state index is 12.9. The second-order valence-electron chi connectivity index (χ2n) is 6.63. The van der Waals surface area contributed by atoms with Gasteiger partial charge >= 0.3 is 0 Å². The molecule has 0 heterocycles. The van der Waals surface area contributed by atoms with E-state index < -0.39 is 0 Å². The first-order valence-electron chi connectivity index (χ1n) is 9.58. The van der Waals surface area contributed by atoms with Crippen molar-refractivity contribution < 1.29 is 18.7 Å². The molecule has 0 fully saturated rings. The van der Waals surface area contributed by atoms with Gasteiger partial charge in [-0.25, -0.2) is 4.39 Å². The second kappa shape index (κ2) is 10.6. The van der Waals surface area contributed by atoms with Crippen LogP contribution in [-0.2, 0) is 9.59 Å². The molecule has 2 amide bonds. The van der Waals surface area contributed by atoms with Crippen LogP contribution < -0.4 is 15.4 Å². The fourth-order valence-electron chi connectivity index (χ4n) is 2.81. The van der Waals surface area contributed by atoms with Gasteiger partial charge in [0.25, 0.3) is 0 Å². The lowest BCUT2D eigenvalue weighted by Crippen LogP contribution is -2.34. The molecule has 0 spiro atoms. The van der Waals surface area contributed by atoms with Gasteiger partial charge in [0.05, 0.1) is 17.5 Å². The summed E-state index contributed by atoms with van der Waals surface area (Å²) in [6.07, 6.45) is 0. The van der Waals surface area contributed by atoms with E-state index >= 15 is 0 Å². The van der Waals surface area contributed by atoms with Crippen molar-refractivity contribution >= 4 is 40.0 Å². The van der Waals surface area contributed by atoms with Gasteiger partial charge in [0.1, 0.15) is 18.2 Å². The number of rotatable bonds is 9. The Balaban J connectivity index is 1.37. The van der Waals surface area contributed by atoms with E-state index in [4.69, 9.17) is 4.74 Å². The highest BCUT2D eigenvalue weighted by molar-refractivity contribution is 8.01. The van der Waals surface area contributed by atoms with Crippen LogP contribution in [0, 0.1) is 5.82 Å². The van der Waals surface area contributed by atoms with Crippen molar-refractivity contribution in [3.05, 3.63) is 72.5 Å².